The van der Waals surface area contributed by atoms with Crippen LogP contribution < -0.4 is 4.90 Å². The minimum atomic E-state index is -1.04. The molecule has 8 heteroatoms. The molecule has 0 saturated carbocycles. The lowest BCUT2D eigenvalue weighted by molar-refractivity contribution is 0.0990. The summed E-state index contributed by atoms with van der Waals surface area (Å²) in [5.74, 6) is -1.72. The van der Waals surface area contributed by atoms with E-state index >= 15 is 0 Å². The Morgan fingerprint density at radius 3 is 2.27 bits per heavy atom. The van der Waals surface area contributed by atoms with Gasteiger partial charge in [-0.2, -0.15) is 0 Å². The van der Waals surface area contributed by atoms with Crippen molar-refractivity contribution in [2.24, 2.45) is 0 Å². The summed E-state index contributed by atoms with van der Waals surface area (Å²) in [5.41, 5.74) is 1.07. The van der Waals surface area contributed by atoms with Gasteiger partial charge in [-0.25, -0.2) is 28.7 Å². The molecule has 3 aromatic rings. The Morgan fingerprint density at radius 1 is 1.00 bits per heavy atom. The Bertz CT molecular complexity index is 979. The average molecular weight is 353 g/mol. The third-order valence-corrected chi connectivity index (χ3v) is 4.28. The molecule has 6 nitrogen and oxygen atoms in total. The van der Waals surface area contributed by atoms with Crippen LogP contribution in [0.4, 0.5) is 14.5 Å². The number of benzene rings is 1. The Balaban J connectivity index is 1.72. The fourth-order valence-electron chi connectivity index (χ4n) is 3.11. The molecule has 1 atom stereocenters. The first-order chi connectivity index (χ1) is 12.6. The van der Waals surface area contributed by atoms with Gasteiger partial charge in [0.2, 0.25) is 0 Å². The highest BCUT2D eigenvalue weighted by Gasteiger charge is 2.38. The van der Waals surface area contributed by atoms with Gasteiger partial charge in [0.25, 0.3) is 5.91 Å². The number of carbonyl (C=O) groups excluding carboxylic acids is 1. The third-order valence-electron chi connectivity index (χ3n) is 4.28. The summed E-state index contributed by atoms with van der Waals surface area (Å²) in [4.78, 5) is 30.8. The van der Waals surface area contributed by atoms with Crippen LogP contribution in [-0.2, 0) is 0 Å². The predicted molar refractivity (Wildman–Crippen MR) is 89.3 cm³/mol. The van der Waals surface area contributed by atoms with Crippen LogP contribution in [0.5, 0.6) is 0 Å². The highest BCUT2D eigenvalue weighted by atomic mass is 19.2. The minimum Gasteiger partial charge on any atom is -0.298 e. The molecule has 0 saturated heterocycles. The third kappa shape index (κ3) is 2.50. The van der Waals surface area contributed by atoms with Crippen LogP contribution >= 0.6 is 0 Å². The largest absolute Gasteiger partial charge is 0.298 e. The van der Waals surface area contributed by atoms with Gasteiger partial charge in [0.15, 0.2) is 23.3 Å². The van der Waals surface area contributed by atoms with E-state index in [-0.39, 0.29) is 5.56 Å². The number of rotatable bonds is 3. The van der Waals surface area contributed by atoms with Crippen molar-refractivity contribution < 1.29 is 13.6 Å². The minimum absolute atomic E-state index is 0.159. The number of halogens is 2. The molecule has 0 radical (unpaired) electrons. The van der Waals surface area contributed by atoms with Crippen LogP contribution in [0.1, 0.15) is 35.3 Å². The fraction of sp³-hybridized carbons (Fsp3) is 0.167. The maximum atomic E-state index is 13.6. The fourth-order valence-corrected chi connectivity index (χ4v) is 3.11. The molecule has 26 heavy (non-hydrogen) atoms. The second-order valence-corrected chi connectivity index (χ2v) is 5.79. The summed E-state index contributed by atoms with van der Waals surface area (Å²) in [5, 5.41) is 0. The van der Waals surface area contributed by atoms with Crippen molar-refractivity contribution in [3.8, 4) is 11.6 Å². The number of carbonyl (C=O) groups is 1. The zero-order valence-electron chi connectivity index (χ0n) is 13.7. The maximum absolute atomic E-state index is 13.6. The predicted octanol–water partition coefficient (Wildman–Crippen LogP) is 3.32. The van der Waals surface area contributed by atoms with Gasteiger partial charge in [0.05, 0.1) is 24.1 Å². The lowest BCUT2D eigenvalue weighted by atomic mass is 10.0. The van der Waals surface area contributed by atoms with Crippen molar-refractivity contribution in [2.75, 3.05) is 4.90 Å². The van der Waals surface area contributed by atoms with E-state index in [1.807, 2.05) is 6.92 Å². The Morgan fingerprint density at radius 2 is 1.62 bits per heavy atom. The molecule has 4 rings (SSSR count). The number of hydrogen-bond donors (Lipinski definition) is 0. The molecule has 1 aromatic carbocycles. The topological polar surface area (TPSA) is 71.9 Å². The highest BCUT2D eigenvalue weighted by Crippen LogP contribution is 2.39. The van der Waals surface area contributed by atoms with Gasteiger partial charge >= 0.3 is 0 Å². The Labute approximate surface area is 147 Å². The summed E-state index contributed by atoms with van der Waals surface area (Å²) in [6.45, 7) is 1.87. The van der Waals surface area contributed by atoms with Gasteiger partial charge < -0.3 is 0 Å². The van der Waals surface area contributed by atoms with E-state index in [1.54, 1.807) is 18.5 Å². The van der Waals surface area contributed by atoms with Crippen LogP contribution in [0.3, 0.4) is 0 Å². The van der Waals surface area contributed by atoms with E-state index in [1.165, 1.54) is 17.3 Å². The second kappa shape index (κ2) is 6.21. The van der Waals surface area contributed by atoms with E-state index in [0.717, 1.165) is 12.1 Å². The molecule has 1 aliphatic heterocycles. The zero-order chi connectivity index (χ0) is 18.3. The van der Waals surface area contributed by atoms with Gasteiger partial charge in [-0.1, -0.05) is 6.92 Å². The Hall–Kier alpha value is -3.29. The molecule has 0 bridgehead atoms. The standard InChI is InChI=1S/C18H13F2N5O/c1-2-15-11-6-13(19)14(20)7-12(11)18(26)25(15)10-8-23-17(24-9-10)16-21-4-3-5-22-16/h3-9,15H,2H2,1H3/t15-/m1/s1. The molecule has 0 N–H and O–H groups in total. The average Bonchev–Trinajstić information content (AvgIpc) is 2.94. The van der Waals surface area contributed by atoms with E-state index in [0.29, 0.717) is 29.3 Å². The molecular formula is C18H13F2N5O. The monoisotopic (exact) mass is 353 g/mol. The molecule has 3 heterocycles. The summed E-state index contributed by atoms with van der Waals surface area (Å²) >= 11 is 0. The maximum Gasteiger partial charge on any atom is 0.259 e. The number of aromatic nitrogens is 4. The lowest BCUT2D eigenvalue weighted by Gasteiger charge is -2.23. The quantitative estimate of drug-likeness (QED) is 0.722. The van der Waals surface area contributed by atoms with Gasteiger partial charge in [0, 0.05) is 18.0 Å². The van der Waals surface area contributed by atoms with Gasteiger partial charge in [0.1, 0.15) is 0 Å². The highest BCUT2D eigenvalue weighted by molar-refractivity contribution is 6.11. The van der Waals surface area contributed by atoms with Crippen LogP contribution in [0, 0.1) is 11.6 Å². The number of amides is 1. The number of anilines is 1. The molecule has 130 valence electrons. The normalized spacial score (nSPS) is 16.0. The molecule has 0 fully saturated rings. The van der Waals surface area contributed by atoms with E-state index < -0.39 is 23.6 Å². The van der Waals surface area contributed by atoms with Crippen LogP contribution in [0.2, 0.25) is 0 Å². The summed E-state index contributed by atoms with van der Waals surface area (Å²) in [7, 11) is 0. The summed E-state index contributed by atoms with van der Waals surface area (Å²) in [6, 6.07) is 3.31. The van der Waals surface area contributed by atoms with Crippen LogP contribution in [-0.4, -0.2) is 25.8 Å². The van der Waals surface area contributed by atoms with Gasteiger partial charge in [-0.3, -0.25) is 9.69 Å². The van der Waals surface area contributed by atoms with Crippen molar-refractivity contribution in [1.29, 1.82) is 0 Å². The molecule has 2 aromatic heterocycles. The van der Waals surface area contributed by atoms with E-state index in [2.05, 4.69) is 19.9 Å². The zero-order valence-corrected chi connectivity index (χ0v) is 13.7. The van der Waals surface area contributed by atoms with Crippen molar-refractivity contribution in [1.82, 2.24) is 19.9 Å². The van der Waals surface area contributed by atoms with Crippen LogP contribution in [0.25, 0.3) is 11.6 Å². The number of hydrogen-bond acceptors (Lipinski definition) is 5. The van der Waals surface area contributed by atoms with Crippen molar-refractivity contribution in [3.63, 3.8) is 0 Å². The summed E-state index contributed by atoms with van der Waals surface area (Å²) < 4.78 is 27.2. The van der Waals surface area contributed by atoms with E-state index in [9.17, 15) is 13.6 Å². The van der Waals surface area contributed by atoms with E-state index in [4.69, 9.17) is 0 Å². The molecule has 0 unspecified atom stereocenters. The Kier molecular flexibility index (Phi) is 3.87. The molecular weight excluding hydrogens is 340 g/mol. The van der Waals surface area contributed by atoms with Gasteiger partial charge in [-0.05, 0) is 30.2 Å². The number of nitrogens with zero attached hydrogens (tertiary/aromatic N) is 5. The lowest BCUT2D eigenvalue weighted by Crippen LogP contribution is -2.27. The van der Waals surface area contributed by atoms with Crippen LogP contribution in [0.15, 0.2) is 43.0 Å². The SMILES string of the molecule is CC[C@@H]1c2cc(F)c(F)cc2C(=O)N1c1cnc(-c2ncccn2)nc1. The first-order valence-electron chi connectivity index (χ1n) is 8.02. The smallest absolute Gasteiger partial charge is 0.259 e. The molecule has 1 amide bonds. The van der Waals surface area contributed by atoms with Crippen molar-refractivity contribution >= 4 is 11.6 Å². The molecule has 0 spiro atoms. The second-order valence-electron chi connectivity index (χ2n) is 5.79. The van der Waals surface area contributed by atoms with Gasteiger partial charge in [-0.15, -0.1) is 0 Å². The van der Waals surface area contributed by atoms with Crippen molar-refractivity contribution in [3.05, 3.63) is 65.7 Å². The van der Waals surface area contributed by atoms with Crippen molar-refractivity contribution in [2.45, 2.75) is 19.4 Å². The summed E-state index contributed by atoms with van der Waals surface area (Å²) in [6.07, 6.45) is 6.66. The first-order valence-corrected chi connectivity index (χ1v) is 8.02. The molecule has 1 aliphatic rings. The number of fused-ring (bicyclic) bond motifs is 1. The molecule has 0 aliphatic carbocycles. The first kappa shape index (κ1) is 16.2.